The second kappa shape index (κ2) is 6.58. The first-order chi connectivity index (χ1) is 10.7. The molecule has 0 spiro atoms. The fourth-order valence-corrected chi connectivity index (χ4v) is 3.23. The quantitative estimate of drug-likeness (QED) is 0.864. The number of amides is 1. The minimum absolute atomic E-state index is 0.177. The number of aromatic amines is 1. The van der Waals surface area contributed by atoms with Gasteiger partial charge in [0.15, 0.2) is 5.16 Å². The van der Waals surface area contributed by atoms with E-state index in [-0.39, 0.29) is 5.91 Å². The summed E-state index contributed by atoms with van der Waals surface area (Å²) in [5, 5.41) is 0.769. The van der Waals surface area contributed by atoms with Crippen LogP contribution in [0, 0.1) is 0 Å². The maximum Gasteiger partial charge on any atom is 0.233 e. The number of methoxy groups -OCH3 is 1. The molecule has 1 aliphatic heterocycles. The van der Waals surface area contributed by atoms with E-state index in [1.807, 2.05) is 23.1 Å². The van der Waals surface area contributed by atoms with Crippen molar-refractivity contribution >= 4 is 28.7 Å². The zero-order valence-electron chi connectivity index (χ0n) is 12.8. The number of fused-ring (bicyclic) bond motifs is 1. The Morgan fingerprint density at radius 3 is 2.86 bits per heavy atom. The molecule has 0 atom stereocenters. The summed E-state index contributed by atoms with van der Waals surface area (Å²) in [4.78, 5) is 24.1. The van der Waals surface area contributed by atoms with Crippen molar-refractivity contribution in [1.82, 2.24) is 19.8 Å². The number of ether oxygens (including phenoxy) is 1. The second-order valence-electron chi connectivity index (χ2n) is 5.40. The number of nitrogens with zero attached hydrogens (tertiary/aromatic N) is 3. The van der Waals surface area contributed by atoms with Crippen LogP contribution >= 0.6 is 11.8 Å². The molecule has 118 valence electrons. The number of aromatic nitrogens is 2. The van der Waals surface area contributed by atoms with Crippen molar-refractivity contribution < 1.29 is 9.53 Å². The van der Waals surface area contributed by atoms with Gasteiger partial charge in [0, 0.05) is 32.2 Å². The van der Waals surface area contributed by atoms with Crippen molar-refractivity contribution in [3.05, 3.63) is 18.2 Å². The predicted molar refractivity (Wildman–Crippen MR) is 87.4 cm³/mol. The highest BCUT2D eigenvalue weighted by molar-refractivity contribution is 7.99. The molecule has 0 bridgehead atoms. The van der Waals surface area contributed by atoms with Crippen molar-refractivity contribution in [2.75, 3.05) is 46.1 Å². The van der Waals surface area contributed by atoms with E-state index in [1.165, 1.54) is 11.8 Å². The molecule has 1 fully saturated rings. The molecule has 1 aliphatic rings. The van der Waals surface area contributed by atoms with Crippen LogP contribution in [0.15, 0.2) is 23.4 Å². The highest BCUT2D eigenvalue weighted by atomic mass is 32.2. The van der Waals surface area contributed by atoms with Crippen LogP contribution in [0.4, 0.5) is 0 Å². The maximum absolute atomic E-state index is 12.2. The molecule has 0 unspecified atom stereocenters. The van der Waals surface area contributed by atoms with Crippen LogP contribution in [0.25, 0.3) is 11.0 Å². The number of imidazole rings is 1. The third kappa shape index (κ3) is 3.36. The summed E-state index contributed by atoms with van der Waals surface area (Å²) in [5.74, 6) is 1.39. The number of rotatable bonds is 4. The predicted octanol–water partition coefficient (Wildman–Crippen LogP) is 1.44. The van der Waals surface area contributed by atoms with Crippen molar-refractivity contribution in [2.24, 2.45) is 0 Å². The van der Waals surface area contributed by atoms with Gasteiger partial charge in [0.05, 0.1) is 23.9 Å². The van der Waals surface area contributed by atoms with E-state index in [1.54, 1.807) is 7.11 Å². The maximum atomic E-state index is 12.2. The zero-order chi connectivity index (χ0) is 15.5. The van der Waals surface area contributed by atoms with E-state index in [4.69, 9.17) is 4.74 Å². The molecule has 3 rings (SSSR count). The highest BCUT2D eigenvalue weighted by Gasteiger charge is 2.19. The number of hydrogen-bond acceptors (Lipinski definition) is 5. The molecule has 22 heavy (non-hydrogen) atoms. The van der Waals surface area contributed by atoms with Crippen LogP contribution in [0.1, 0.15) is 0 Å². The number of hydrogen-bond donors (Lipinski definition) is 1. The third-order valence-corrected chi connectivity index (χ3v) is 4.71. The number of likely N-dealkylation sites (N-methyl/N-ethyl adjacent to an activating group) is 1. The smallest absolute Gasteiger partial charge is 0.233 e. The molecular formula is C15H20N4O2S. The Bertz CT molecular complexity index is 665. The molecule has 0 aliphatic carbocycles. The Morgan fingerprint density at radius 1 is 1.36 bits per heavy atom. The van der Waals surface area contributed by atoms with Gasteiger partial charge in [-0.05, 0) is 19.2 Å². The van der Waals surface area contributed by atoms with Crippen molar-refractivity contribution in [3.8, 4) is 5.75 Å². The minimum Gasteiger partial charge on any atom is -0.497 e. The van der Waals surface area contributed by atoms with E-state index in [0.717, 1.165) is 48.1 Å². The molecule has 1 aromatic carbocycles. The number of thioether (sulfide) groups is 1. The largest absolute Gasteiger partial charge is 0.497 e. The van der Waals surface area contributed by atoms with Gasteiger partial charge < -0.3 is 19.5 Å². The molecule has 0 radical (unpaired) electrons. The van der Waals surface area contributed by atoms with E-state index in [0.29, 0.717) is 5.75 Å². The normalized spacial score (nSPS) is 16.2. The molecular weight excluding hydrogens is 300 g/mol. The van der Waals surface area contributed by atoms with Gasteiger partial charge in [-0.2, -0.15) is 0 Å². The lowest BCUT2D eigenvalue weighted by atomic mass is 10.3. The summed E-state index contributed by atoms with van der Waals surface area (Å²) in [6.07, 6.45) is 0. The second-order valence-corrected chi connectivity index (χ2v) is 6.36. The van der Waals surface area contributed by atoms with Crippen molar-refractivity contribution in [2.45, 2.75) is 5.16 Å². The van der Waals surface area contributed by atoms with Crippen LogP contribution in [-0.4, -0.2) is 71.8 Å². The summed E-state index contributed by atoms with van der Waals surface area (Å²) in [5.41, 5.74) is 1.81. The number of H-pyrrole nitrogens is 1. The molecule has 1 amide bonds. The van der Waals surface area contributed by atoms with Crippen LogP contribution in [-0.2, 0) is 4.79 Å². The van der Waals surface area contributed by atoms with Gasteiger partial charge in [-0.25, -0.2) is 4.98 Å². The first kappa shape index (κ1) is 15.2. The van der Waals surface area contributed by atoms with Crippen LogP contribution in [0.3, 0.4) is 0 Å². The van der Waals surface area contributed by atoms with Crippen molar-refractivity contribution in [3.63, 3.8) is 0 Å². The molecule has 1 aromatic heterocycles. The third-order valence-electron chi connectivity index (χ3n) is 3.86. The number of nitrogens with one attached hydrogen (secondary N) is 1. The van der Waals surface area contributed by atoms with E-state index in [2.05, 4.69) is 21.9 Å². The SMILES string of the molecule is COc1ccc2nc(SCC(=O)N3CCN(C)CC3)[nH]c2c1. The number of benzene rings is 1. The summed E-state index contributed by atoms with van der Waals surface area (Å²) in [6, 6.07) is 5.71. The van der Waals surface area contributed by atoms with Crippen LogP contribution < -0.4 is 4.74 Å². The van der Waals surface area contributed by atoms with Gasteiger partial charge in [0.25, 0.3) is 0 Å². The van der Waals surface area contributed by atoms with Gasteiger partial charge in [-0.1, -0.05) is 11.8 Å². The first-order valence-electron chi connectivity index (χ1n) is 7.28. The Hall–Kier alpha value is -1.73. The molecule has 1 saturated heterocycles. The summed E-state index contributed by atoms with van der Waals surface area (Å²) >= 11 is 1.45. The lowest BCUT2D eigenvalue weighted by molar-refractivity contribution is -0.129. The number of carbonyl (C=O) groups excluding carboxylic acids is 1. The summed E-state index contributed by atoms with van der Waals surface area (Å²) < 4.78 is 5.20. The lowest BCUT2D eigenvalue weighted by Crippen LogP contribution is -2.47. The average molecular weight is 320 g/mol. The van der Waals surface area contributed by atoms with Gasteiger partial charge in [0.2, 0.25) is 5.91 Å². The number of carbonyl (C=O) groups is 1. The first-order valence-corrected chi connectivity index (χ1v) is 8.27. The molecule has 1 N–H and O–H groups in total. The topological polar surface area (TPSA) is 61.5 Å². The molecule has 2 aromatic rings. The van der Waals surface area contributed by atoms with Crippen LogP contribution in [0.2, 0.25) is 0 Å². The summed E-state index contributed by atoms with van der Waals surface area (Å²) in [7, 11) is 3.72. The standard InChI is InChI=1S/C15H20N4O2S/c1-18-5-7-19(8-6-18)14(20)10-22-15-16-12-4-3-11(21-2)9-13(12)17-15/h3-4,9H,5-8,10H2,1-2H3,(H,16,17). The molecule has 6 nitrogen and oxygen atoms in total. The Labute approximate surface area is 133 Å². The van der Waals surface area contributed by atoms with Crippen molar-refractivity contribution in [1.29, 1.82) is 0 Å². The highest BCUT2D eigenvalue weighted by Crippen LogP contribution is 2.23. The zero-order valence-corrected chi connectivity index (χ0v) is 13.7. The fourth-order valence-electron chi connectivity index (χ4n) is 2.44. The fraction of sp³-hybridized carbons (Fsp3) is 0.467. The summed E-state index contributed by atoms with van der Waals surface area (Å²) in [6.45, 7) is 3.52. The monoisotopic (exact) mass is 320 g/mol. The molecule has 7 heteroatoms. The van der Waals surface area contributed by atoms with Gasteiger partial charge in [-0.15, -0.1) is 0 Å². The molecule has 2 heterocycles. The minimum atomic E-state index is 0.177. The van der Waals surface area contributed by atoms with E-state index < -0.39 is 0 Å². The Balaban J connectivity index is 1.60. The Kier molecular flexibility index (Phi) is 4.54. The van der Waals surface area contributed by atoms with Gasteiger partial charge >= 0.3 is 0 Å². The van der Waals surface area contributed by atoms with Gasteiger partial charge in [0.1, 0.15) is 5.75 Å². The lowest BCUT2D eigenvalue weighted by Gasteiger charge is -2.32. The van der Waals surface area contributed by atoms with Gasteiger partial charge in [-0.3, -0.25) is 4.79 Å². The van der Waals surface area contributed by atoms with E-state index in [9.17, 15) is 4.79 Å². The van der Waals surface area contributed by atoms with Crippen LogP contribution in [0.5, 0.6) is 5.75 Å². The molecule has 0 saturated carbocycles. The van der Waals surface area contributed by atoms with E-state index >= 15 is 0 Å². The Morgan fingerprint density at radius 2 is 2.14 bits per heavy atom. The average Bonchev–Trinajstić information content (AvgIpc) is 2.95. The number of piperazine rings is 1.